The molecule has 1 unspecified atom stereocenters. The van der Waals surface area contributed by atoms with Crippen molar-refractivity contribution in [1.82, 2.24) is 15.3 Å². The molecule has 0 saturated heterocycles. The van der Waals surface area contributed by atoms with Gasteiger partial charge in [0.25, 0.3) is 0 Å². The van der Waals surface area contributed by atoms with Gasteiger partial charge in [0, 0.05) is 22.2 Å². The highest BCUT2D eigenvalue weighted by atomic mass is 32.1. The minimum absolute atomic E-state index is 0.201. The van der Waals surface area contributed by atoms with Gasteiger partial charge in [-0.15, -0.1) is 11.3 Å². The van der Waals surface area contributed by atoms with Crippen LogP contribution in [0.15, 0.2) is 36.5 Å². The summed E-state index contributed by atoms with van der Waals surface area (Å²) in [4.78, 5) is 10.2. The summed E-state index contributed by atoms with van der Waals surface area (Å²) in [6.45, 7) is 7.12. The van der Waals surface area contributed by atoms with Crippen molar-refractivity contribution in [3.63, 3.8) is 0 Å². The van der Waals surface area contributed by atoms with Gasteiger partial charge >= 0.3 is 0 Å². The zero-order chi connectivity index (χ0) is 14.8. The molecule has 1 N–H and O–H groups in total. The fraction of sp³-hybridized carbons (Fsp3) is 0.294. The highest BCUT2D eigenvalue weighted by Gasteiger charge is 2.16. The Balaban J connectivity index is 2.04. The Morgan fingerprint density at radius 2 is 2.05 bits per heavy atom. The number of pyridine rings is 1. The summed E-state index contributed by atoms with van der Waals surface area (Å²) in [5.74, 6) is 0. The van der Waals surface area contributed by atoms with Crippen molar-refractivity contribution in [2.45, 2.75) is 26.8 Å². The van der Waals surface area contributed by atoms with Crippen LogP contribution in [0, 0.1) is 13.8 Å². The molecule has 0 fully saturated rings. The first-order valence-corrected chi connectivity index (χ1v) is 8.02. The Kier molecular flexibility index (Phi) is 3.99. The highest BCUT2D eigenvalue weighted by molar-refractivity contribution is 7.11. The molecule has 0 spiro atoms. The van der Waals surface area contributed by atoms with E-state index in [1.807, 2.05) is 20.0 Å². The molecular formula is C17H19N3S. The molecule has 2 heterocycles. The fourth-order valence-electron chi connectivity index (χ4n) is 2.52. The number of thiazole rings is 1. The Morgan fingerprint density at radius 3 is 2.76 bits per heavy atom. The number of rotatable bonds is 4. The lowest BCUT2D eigenvalue weighted by Gasteiger charge is -2.17. The first-order valence-electron chi connectivity index (χ1n) is 7.20. The molecule has 21 heavy (non-hydrogen) atoms. The monoisotopic (exact) mass is 297 g/mol. The van der Waals surface area contributed by atoms with Gasteiger partial charge in [-0.25, -0.2) is 4.98 Å². The van der Waals surface area contributed by atoms with E-state index in [-0.39, 0.29) is 6.04 Å². The van der Waals surface area contributed by atoms with Crippen LogP contribution < -0.4 is 5.32 Å². The second kappa shape index (κ2) is 5.92. The van der Waals surface area contributed by atoms with Crippen LogP contribution >= 0.6 is 11.3 Å². The van der Waals surface area contributed by atoms with Crippen molar-refractivity contribution in [3.8, 4) is 0 Å². The molecule has 3 nitrogen and oxygen atoms in total. The van der Waals surface area contributed by atoms with E-state index in [9.17, 15) is 0 Å². The number of benzene rings is 1. The van der Waals surface area contributed by atoms with Crippen LogP contribution in [0.2, 0.25) is 0 Å². The van der Waals surface area contributed by atoms with Gasteiger partial charge in [0.05, 0.1) is 16.6 Å². The number of aromatic nitrogens is 2. The van der Waals surface area contributed by atoms with E-state index in [2.05, 4.69) is 52.5 Å². The molecule has 0 saturated carbocycles. The third kappa shape index (κ3) is 2.96. The summed E-state index contributed by atoms with van der Waals surface area (Å²) < 4.78 is 0. The lowest BCUT2D eigenvalue weighted by molar-refractivity contribution is 0.639. The van der Waals surface area contributed by atoms with Gasteiger partial charge < -0.3 is 5.32 Å². The fourth-order valence-corrected chi connectivity index (χ4v) is 3.41. The van der Waals surface area contributed by atoms with Crippen molar-refractivity contribution < 1.29 is 0 Å². The summed E-state index contributed by atoms with van der Waals surface area (Å²) in [6, 6.07) is 10.9. The first kappa shape index (κ1) is 14.2. The van der Waals surface area contributed by atoms with Crippen molar-refractivity contribution in [3.05, 3.63) is 57.7 Å². The van der Waals surface area contributed by atoms with E-state index in [1.54, 1.807) is 11.3 Å². The van der Waals surface area contributed by atoms with Gasteiger partial charge in [-0.1, -0.05) is 19.1 Å². The summed E-state index contributed by atoms with van der Waals surface area (Å²) >= 11 is 1.75. The number of fused-ring (bicyclic) bond motifs is 1. The Labute approximate surface area is 129 Å². The molecule has 4 heteroatoms. The lowest BCUT2D eigenvalue weighted by Crippen LogP contribution is -2.21. The molecule has 0 aliphatic carbocycles. The average molecular weight is 297 g/mol. The van der Waals surface area contributed by atoms with Gasteiger partial charge in [-0.05, 0) is 44.2 Å². The van der Waals surface area contributed by atoms with E-state index in [0.29, 0.717) is 0 Å². The van der Waals surface area contributed by atoms with Crippen LogP contribution in [0.25, 0.3) is 10.9 Å². The standard InChI is InChI=1S/C17H19N3S/c1-4-18-17(16-10-19-12(3)21-16)14-7-8-15-13(9-14)6-5-11(2)20-15/h5-10,17-18H,4H2,1-3H3. The second-order valence-electron chi connectivity index (χ2n) is 5.18. The molecule has 2 aromatic heterocycles. The maximum Gasteiger partial charge on any atom is 0.0897 e. The van der Waals surface area contributed by atoms with Crippen LogP contribution in [0.3, 0.4) is 0 Å². The molecule has 108 valence electrons. The molecule has 1 atom stereocenters. The molecule has 0 aliphatic rings. The number of nitrogens with zero attached hydrogens (tertiary/aromatic N) is 2. The topological polar surface area (TPSA) is 37.8 Å². The summed E-state index contributed by atoms with van der Waals surface area (Å²) in [7, 11) is 0. The molecule has 0 aliphatic heterocycles. The van der Waals surface area contributed by atoms with Crippen LogP contribution in [-0.2, 0) is 0 Å². The summed E-state index contributed by atoms with van der Waals surface area (Å²) in [5.41, 5.74) is 3.37. The largest absolute Gasteiger partial charge is 0.306 e. The number of nitrogens with one attached hydrogen (secondary N) is 1. The first-order chi connectivity index (χ1) is 10.2. The van der Waals surface area contributed by atoms with Crippen molar-refractivity contribution >= 4 is 22.2 Å². The zero-order valence-electron chi connectivity index (χ0n) is 12.6. The number of hydrogen-bond acceptors (Lipinski definition) is 4. The third-order valence-electron chi connectivity index (χ3n) is 3.52. The molecule has 3 aromatic rings. The lowest BCUT2D eigenvalue weighted by atomic mass is 10.0. The number of aryl methyl sites for hydroxylation is 2. The average Bonchev–Trinajstić information content (AvgIpc) is 2.90. The quantitative estimate of drug-likeness (QED) is 0.790. The maximum atomic E-state index is 4.57. The Hall–Kier alpha value is -1.78. The normalized spacial score (nSPS) is 12.7. The van der Waals surface area contributed by atoms with E-state index in [0.717, 1.165) is 22.8 Å². The Bertz CT molecular complexity index is 764. The molecule has 0 bridgehead atoms. The Morgan fingerprint density at radius 1 is 1.19 bits per heavy atom. The smallest absolute Gasteiger partial charge is 0.0897 e. The maximum absolute atomic E-state index is 4.57. The third-order valence-corrected chi connectivity index (χ3v) is 4.50. The molecule has 1 aromatic carbocycles. The highest BCUT2D eigenvalue weighted by Crippen LogP contribution is 2.28. The van der Waals surface area contributed by atoms with Crippen molar-refractivity contribution in [2.24, 2.45) is 0 Å². The number of hydrogen-bond donors (Lipinski definition) is 1. The molecular weight excluding hydrogens is 278 g/mol. The second-order valence-corrected chi connectivity index (χ2v) is 6.44. The van der Waals surface area contributed by atoms with Gasteiger partial charge in [0.1, 0.15) is 0 Å². The summed E-state index contributed by atoms with van der Waals surface area (Å²) in [6.07, 6.45) is 1.98. The molecule has 0 radical (unpaired) electrons. The van der Waals surface area contributed by atoms with Crippen molar-refractivity contribution in [1.29, 1.82) is 0 Å². The molecule has 0 amide bonds. The van der Waals surface area contributed by atoms with Crippen LogP contribution in [0.4, 0.5) is 0 Å². The van der Waals surface area contributed by atoms with Crippen LogP contribution in [-0.4, -0.2) is 16.5 Å². The van der Waals surface area contributed by atoms with Gasteiger partial charge in [-0.3, -0.25) is 4.98 Å². The van der Waals surface area contributed by atoms with E-state index >= 15 is 0 Å². The van der Waals surface area contributed by atoms with Gasteiger partial charge in [0.2, 0.25) is 0 Å². The minimum atomic E-state index is 0.201. The van der Waals surface area contributed by atoms with Crippen LogP contribution in [0.5, 0.6) is 0 Å². The predicted molar refractivity (Wildman–Crippen MR) is 88.9 cm³/mol. The van der Waals surface area contributed by atoms with Gasteiger partial charge in [0.15, 0.2) is 0 Å². The van der Waals surface area contributed by atoms with Crippen molar-refractivity contribution in [2.75, 3.05) is 6.54 Å². The zero-order valence-corrected chi connectivity index (χ0v) is 13.4. The van der Waals surface area contributed by atoms with Crippen LogP contribution in [0.1, 0.15) is 34.1 Å². The predicted octanol–water partition coefficient (Wildman–Crippen LogP) is 4.01. The van der Waals surface area contributed by atoms with Gasteiger partial charge in [-0.2, -0.15) is 0 Å². The van der Waals surface area contributed by atoms with E-state index in [1.165, 1.54) is 15.8 Å². The SMILES string of the molecule is CCNC(c1ccc2nc(C)ccc2c1)c1cnc(C)s1. The van der Waals surface area contributed by atoms with E-state index < -0.39 is 0 Å². The molecule has 3 rings (SSSR count). The summed E-state index contributed by atoms with van der Waals surface area (Å²) in [5, 5.41) is 5.84. The minimum Gasteiger partial charge on any atom is -0.306 e. The van der Waals surface area contributed by atoms with E-state index in [4.69, 9.17) is 0 Å².